The number of rotatable bonds is 9. The zero-order chi connectivity index (χ0) is 22.4. The number of benzene rings is 2. The molecule has 9 heteroatoms. The standard InChI is InChI=1S/C22H24Cl2N4O2S/c1-14-12-15(10-11-18(14)30-3)6-4-9-19-26-27-22(28(19)2)31-13-20(29)25-17-8-5-7-16(23)21(17)24/h5,7-8,10-12H,4,6,9,13H2,1-3H3,(H,25,29). The molecule has 6 nitrogen and oxygen atoms in total. The number of hydrogen-bond acceptors (Lipinski definition) is 5. The predicted molar refractivity (Wildman–Crippen MR) is 127 cm³/mol. The molecule has 0 unspecified atom stereocenters. The number of methoxy groups -OCH3 is 1. The van der Waals surface area contributed by atoms with E-state index in [2.05, 4.69) is 27.6 Å². The van der Waals surface area contributed by atoms with Crippen molar-refractivity contribution in [3.63, 3.8) is 0 Å². The zero-order valence-electron chi connectivity index (χ0n) is 17.6. The first-order valence-corrected chi connectivity index (χ1v) is 11.5. The van der Waals surface area contributed by atoms with Crippen LogP contribution in [0.4, 0.5) is 5.69 Å². The van der Waals surface area contributed by atoms with Gasteiger partial charge in [-0.3, -0.25) is 4.79 Å². The van der Waals surface area contributed by atoms with E-state index < -0.39 is 0 Å². The van der Waals surface area contributed by atoms with Crippen molar-refractivity contribution in [1.82, 2.24) is 14.8 Å². The summed E-state index contributed by atoms with van der Waals surface area (Å²) >= 11 is 13.4. The maximum atomic E-state index is 12.3. The van der Waals surface area contributed by atoms with Gasteiger partial charge in [-0.05, 0) is 49.1 Å². The molecule has 0 bridgehead atoms. The molecule has 0 saturated heterocycles. The Morgan fingerprint density at radius 1 is 1.19 bits per heavy atom. The molecule has 31 heavy (non-hydrogen) atoms. The quantitative estimate of drug-likeness (QED) is 0.420. The fourth-order valence-electron chi connectivity index (χ4n) is 3.15. The summed E-state index contributed by atoms with van der Waals surface area (Å²) in [7, 11) is 3.60. The summed E-state index contributed by atoms with van der Waals surface area (Å²) < 4.78 is 7.25. The lowest BCUT2D eigenvalue weighted by molar-refractivity contribution is -0.113. The van der Waals surface area contributed by atoms with Crippen LogP contribution in [0, 0.1) is 6.92 Å². The van der Waals surface area contributed by atoms with Gasteiger partial charge in [0.1, 0.15) is 11.6 Å². The Morgan fingerprint density at radius 3 is 2.74 bits per heavy atom. The van der Waals surface area contributed by atoms with Crippen LogP contribution in [0.1, 0.15) is 23.4 Å². The highest BCUT2D eigenvalue weighted by molar-refractivity contribution is 7.99. The Labute approximate surface area is 196 Å². The van der Waals surface area contributed by atoms with Crippen molar-refractivity contribution in [2.45, 2.75) is 31.3 Å². The first kappa shape index (κ1) is 23.4. The van der Waals surface area contributed by atoms with Crippen LogP contribution in [0.3, 0.4) is 0 Å². The van der Waals surface area contributed by atoms with E-state index in [1.54, 1.807) is 25.3 Å². The van der Waals surface area contributed by atoms with Crippen LogP contribution >= 0.6 is 35.0 Å². The molecule has 0 fully saturated rings. The second-order valence-electron chi connectivity index (χ2n) is 7.05. The maximum absolute atomic E-state index is 12.3. The van der Waals surface area contributed by atoms with Gasteiger partial charge in [-0.15, -0.1) is 10.2 Å². The summed E-state index contributed by atoms with van der Waals surface area (Å²) in [6.45, 7) is 2.05. The van der Waals surface area contributed by atoms with Crippen molar-refractivity contribution in [2.24, 2.45) is 7.05 Å². The first-order valence-electron chi connectivity index (χ1n) is 9.77. The van der Waals surface area contributed by atoms with Crippen molar-refractivity contribution < 1.29 is 9.53 Å². The Bertz CT molecular complexity index is 1070. The molecule has 3 aromatic rings. The number of amides is 1. The highest BCUT2D eigenvalue weighted by Gasteiger charge is 2.13. The number of nitrogens with one attached hydrogen (secondary N) is 1. The number of thioether (sulfide) groups is 1. The molecule has 1 N–H and O–H groups in total. The Morgan fingerprint density at radius 2 is 2.00 bits per heavy atom. The monoisotopic (exact) mass is 478 g/mol. The minimum Gasteiger partial charge on any atom is -0.496 e. The van der Waals surface area contributed by atoms with Crippen molar-refractivity contribution in [1.29, 1.82) is 0 Å². The van der Waals surface area contributed by atoms with E-state index in [0.29, 0.717) is 20.9 Å². The smallest absolute Gasteiger partial charge is 0.234 e. The number of hydrogen-bond donors (Lipinski definition) is 1. The number of aromatic nitrogens is 3. The number of carbonyl (C=O) groups excluding carboxylic acids is 1. The lowest BCUT2D eigenvalue weighted by Crippen LogP contribution is -2.15. The summed E-state index contributed by atoms with van der Waals surface area (Å²) in [6, 6.07) is 11.4. The molecule has 0 saturated carbocycles. The summed E-state index contributed by atoms with van der Waals surface area (Å²) in [5.74, 6) is 1.81. The highest BCUT2D eigenvalue weighted by atomic mass is 35.5. The van der Waals surface area contributed by atoms with E-state index in [1.807, 2.05) is 24.6 Å². The fourth-order valence-corrected chi connectivity index (χ4v) is 4.23. The number of ether oxygens (including phenoxy) is 1. The fraction of sp³-hybridized carbons (Fsp3) is 0.318. The number of carbonyl (C=O) groups is 1. The van der Waals surface area contributed by atoms with E-state index in [0.717, 1.165) is 36.4 Å². The zero-order valence-corrected chi connectivity index (χ0v) is 19.9. The highest BCUT2D eigenvalue weighted by Crippen LogP contribution is 2.29. The van der Waals surface area contributed by atoms with Gasteiger partial charge in [0, 0.05) is 13.5 Å². The molecular weight excluding hydrogens is 455 g/mol. The van der Waals surface area contributed by atoms with Crippen LogP contribution in [0.2, 0.25) is 10.0 Å². The lowest BCUT2D eigenvalue weighted by atomic mass is 10.0. The van der Waals surface area contributed by atoms with Crippen LogP contribution in [-0.2, 0) is 24.7 Å². The Balaban J connectivity index is 1.50. The van der Waals surface area contributed by atoms with Crippen LogP contribution < -0.4 is 10.1 Å². The molecular formula is C22H24Cl2N4O2S. The first-order chi connectivity index (χ1) is 14.9. The van der Waals surface area contributed by atoms with Crippen LogP contribution in [0.5, 0.6) is 5.75 Å². The molecule has 0 aliphatic heterocycles. The molecule has 0 radical (unpaired) electrons. The van der Waals surface area contributed by atoms with Gasteiger partial charge in [-0.2, -0.15) is 0 Å². The van der Waals surface area contributed by atoms with Crippen LogP contribution in [-0.4, -0.2) is 33.5 Å². The molecule has 1 amide bonds. The summed E-state index contributed by atoms with van der Waals surface area (Å²) in [5.41, 5.74) is 2.90. The minimum atomic E-state index is -0.186. The van der Waals surface area contributed by atoms with Crippen molar-refractivity contribution in [3.8, 4) is 5.75 Å². The third kappa shape index (κ3) is 6.15. The number of nitrogens with zero attached hydrogens (tertiary/aromatic N) is 3. The van der Waals surface area contributed by atoms with Crippen molar-refractivity contribution in [3.05, 3.63) is 63.4 Å². The molecule has 0 atom stereocenters. The van der Waals surface area contributed by atoms with E-state index in [-0.39, 0.29) is 11.7 Å². The van der Waals surface area contributed by atoms with Gasteiger partial charge < -0.3 is 14.6 Å². The summed E-state index contributed by atoms with van der Waals surface area (Å²) in [6.07, 6.45) is 2.71. The average molecular weight is 479 g/mol. The second kappa shape index (κ2) is 10.9. The Kier molecular flexibility index (Phi) is 8.23. The second-order valence-corrected chi connectivity index (χ2v) is 8.78. The van der Waals surface area contributed by atoms with Crippen LogP contribution in [0.15, 0.2) is 41.6 Å². The SMILES string of the molecule is COc1ccc(CCCc2nnc(SCC(=O)Nc3cccc(Cl)c3Cl)n2C)cc1C. The molecule has 164 valence electrons. The van der Waals surface area contributed by atoms with E-state index in [9.17, 15) is 4.79 Å². The third-order valence-corrected chi connectivity index (χ3v) is 6.65. The molecule has 0 aliphatic rings. The lowest BCUT2D eigenvalue weighted by Gasteiger charge is -2.08. The van der Waals surface area contributed by atoms with Crippen LogP contribution in [0.25, 0.3) is 0 Å². The summed E-state index contributed by atoms with van der Waals surface area (Å²) in [5, 5.41) is 12.7. The normalized spacial score (nSPS) is 10.9. The molecule has 1 heterocycles. The van der Waals surface area contributed by atoms with Gasteiger partial charge in [0.05, 0.1) is 28.6 Å². The van der Waals surface area contributed by atoms with Gasteiger partial charge >= 0.3 is 0 Å². The summed E-state index contributed by atoms with van der Waals surface area (Å²) in [4.78, 5) is 12.3. The average Bonchev–Trinajstić information content (AvgIpc) is 3.09. The largest absolute Gasteiger partial charge is 0.496 e. The molecule has 3 rings (SSSR count). The van der Waals surface area contributed by atoms with Gasteiger partial charge in [-0.25, -0.2) is 0 Å². The maximum Gasteiger partial charge on any atom is 0.234 e. The Hall–Kier alpha value is -2.22. The van der Waals surface area contributed by atoms with Gasteiger partial charge in [0.2, 0.25) is 5.91 Å². The van der Waals surface area contributed by atoms with Crippen molar-refractivity contribution >= 4 is 46.6 Å². The third-order valence-electron chi connectivity index (χ3n) is 4.81. The molecule has 0 spiro atoms. The molecule has 1 aromatic heterocycles. The van der Waals surface area contributed by atoms with Gasteiger partial charge in [0.15, 0.2) is 5.16 Å². The number of halogens is 2. The molecule has 2 aromatic carbocycles. The minimum absolute atomic E-state index is 0.186. The predicted octanol–water partition coefficient (Wildman–Crippen LogP) is 5.35. The van der Waals surface area contributed by atoms with E-state index >= 15 is 0 Å². The topological polar surface area (TPSA) is 69.0 Å². The molecule has 0 aliphatic carbocycles. The van der Waals surface area contributed by atoms with E-state index in [1.165, 1.54) is 17.3 Å². The van der Waals surface area contributed by atoms with Gasteiger partial charge in [-0.1, -0.05) is 53.2 Å². The number of anilines is 1. The number of aryl methyl sites for hydroxylation is 3. The van der Waals surface area contributed by atoms with Gasteiger partial charge in [0.25, 0.3) is 0 Å². The van der Waals surface area contributed by atoms with E-state index in [4.69, 9.17) is 27.9 Å². The van der Waals surface area contributed by atoms with Crippen molar-refractivity contribution in [2.75, 3.05) is 18.2 Å².